The van der Waals surface area contributed by atoms with Gasteiger partial charge in [0.25, 0.3) is 0 Å². The summed E-state index contributed by atoms with van der Waals surface area (Å²) in [6.45, 7) is 0. The summed E-state index contributed by atoms with van der Waals surface area (Å²) >= 11 is 11.4. The molecule has 0 aromatic heterocycles. The van der Waals surface area contributed by atoms with Crippen LogP contribution in [0.15, 0.2) is 12.1 Å². The fourth-order valence-electron chi connectivity index (χ4n) is 0.836. The van der Waals surface area contributed by atoms with E-state index >= 15 is 0 Å². The van der Waals surface area contributed by atoms with Crippen molar-refractivity contribution in [1.29, 1.82) is 0 Å². The fourth-order valence-corrected chi connectivity index (χ4v) is 1.20. The molecule has 0 aliphatic rings. The summed E-state index contributed by atoms with van der Waals surface area (Å²) in [6.07, 6.45) is 0.618. The topological polar surface area (TPSA) is 26.3 Å². The molecule has 0 saturated carbocycles. The molecule has 0 radical (unpaired) electrons. The van der Waals surface area contributed by atoms with Crippen LogP contribution in [0.25, 0.3) is 0 Å². The van der Waals surface area contributed by atoms with Crippen LogP contribution >= 0.6 is 23.2 Å². The lowest BCUT2D eigenvalue weighted by Gasteiger charge is -2.05. The van der Waals surface area contributed by atoms with Crippen molar-refractivity contribution in [2.24, 2.45) is 0 Å². The van der Waals surface area contributed by atoms with Crippen LogP contribution in [-0.2, 0) is 0 Å². The third-order valence-electron chi connectivity index (χ3n) is 1.43. The Labute approximate surface area is 80.0 Å². The molecule has 0 bridgehead atoms. The van der Waals surface area contributed by atoms with Crippen molar-refractivity contribution < 1.29 is 9.53 Å². The van der Waals surface area contributed by atoms with E-state index in [0.717, 1.165) is 0 Å². The Morgan fingerprint density at radius 3 is 2.58 bits per heavy atom. The Kier molecular flexibility index (Phi) is 2.95. The number of carbonyl (C=O) groups is 1. The van der Waals surface area contributed by atoms with Crippen molar-refractivity contribution >= 4 is 29.5 Å². The quantitative estimate of drug-likeness (QED) is 0.694. The van der Waals surface area contributed by atoms with E-state index in [4.69, 9.17) is 27.9 Å². The van der Waals surface area contributed by atoms with Crippen molar-refractivity contribution in [2.45, 2.75) is 0 Å². The summed E-state index contributed by atoms with van der Waals surface area (Å²) in [4.78, 5) is 10.5. The minimum Gasteiger partial charge on any atom is -0.496 e. The first kappa shape index (κ1) is 9.36. The minimum atomic E-state index is 0.228. The second-order valence-electron chi connectivity index (χ2n) is 2.10. The Morgan fingerprint density at radius 1 is 1.42 bits per heavy atom. The van der Waals surface area contributed by atoms with E-state index in [-0.39, 0.29) is 10.6 Å². The predicted octanol–water partition coefficient (Wildman–Crippen LogP) is 2.81. The number of carbonyl (C=O) groups excluding carboxylic acids is 1. The van der Waals surface area contributed by atoms with Gasteiger partial charge in [0.2, 0.25) is 0 Å². The third kappa shape index (κ3) is 1.54. The largest absolute Gasteiger partial charge is 0.496 e. The molecule has 0 amide bonds. The lowest BCUT2D eigenvalue weighted by molar-refractivity contribution is 0.112. The van der Waals surface area contributed by atoms with Gasteiger partial charge in [0.15, 0.2) is 6.29 Å². The molecule has 0 atom stereocenters. The van der Waals surface area contributed by atoms with Crippen LogP contribution in [-0.4, -0.2) is 13.4 Å². The Morgan fingerprint density at radius 2 is 2.08 bits per heavy atom. The van der Waals surface area contributed by atoms with Gasteiger partial charge < -0.3 is 4.74 Å². The number of aldehydes is 1. The van der Waals surface area contributed by atoms with Crippen LogP contribution in [0.4, 0.5) is 0 Å². The van der Waals surface area contributed by atoms with Crippen LogP contribution in [0.3, 0.4) is 0 Å². The van der Waals surface area contributed by atoms with Gasteiger partial charge in [0.1, 0.15) is 5.75 Å². The highest BCUT2D eigenvalue weighted by Gasteiger charge is 2.09. The van der Waals surface area contributed by atoms with Crippen molar-refractivity contribution in [3.05, 3.63) is 27.7 Å². The van der Waals surface area contributed by atoms with Crippen LogP contribution in [0.5, 0.6) is 5.75 Å². The summed E-state index contributed by atoms with van der Waals surface area (Å²) < 4.78 is 4.90. The van der Waals surface area contributed by atoms with E-state index in [1.165, 1.54) is 7.11 Å². The highest BCUT2D eigenvalue weighted by atomic mass is 35.5. The lowest BCUT2D eigenvalue weighted by atomic mass is 10.2. The zero-order chi connectivity index (χ0) is 9.14. The lowest BCUT2D eigenvalue weighted by Crippen LogP contribution is -1.91. The molecule has 2 nitrogen and oxygen atoms in total. The molecule has 0 spiro atoms. The summed E-state index contributed by atoms with van der Waals surface area (Å²) in [5, 5.41) is 0.575. The van der Waals surface area contributed by atoms with Gasteiger partial charge in [-0.2, -0.15) is 0 Å². The zero-order valence-electron chi connectivity index (χ0n) is 6.30. The second-order valence-corrected chi connectivity index (χ2v) is 2.88. The monoisotopic (exact) mass is 204 g/mol. The number of halogens is 2. The van der Waals surface area contributed by atoms with E-state index in [0.29, 0.717) is 17.1 Å². The van der Waals surface area contributed by atoms with Crippen LogP contribution in [0.2, 0.25) is 10.0 Å². The van der Waals surface area contributed by atoms with Crippen molar-refractivity contribution in [2.75, 3.05) is 7.11 Å². The van der Waals surface area contributed by atoms with Gasteiger partial charge in [-0.15, -0.1) is 0 Å². The van der Waals surface area contributed by atoms with E-state index < -0.39 is 0 Å². The van der Waals surface area contributed by atoms with Gasteiger partial charge in [0.05, 0.1) is 22.7 Å². The summed E-state index contributed by atoms with van der Waals surface area (Å²) in [5.74, 6) is 0.430. The van der Waals surface area contributed by atoms with E-state index in [2.05, 4.69) is 0 Å². The van der Waals surface area contributed by atoms with E-state index in [9.17, 15) is 4.79 Å². The number of hydrogen-bond donors (Lipinski definition) is 0. The summed E-state index contributed by atoms with van der Waals surface area (Å²) in [7, 11) is 1.46. The number of rotatable bonds is 2. The average Bonchev–Trinajstić information content (AvgIpc) is 2.09. The second kappa shape index (κ2) is 3.78. The molecule has 0 heterocycles. The number of ether oxygens (including phenoxy) is 1. The van der Waals surface area contributed by atoms with Gasteiger partial charge in [-0.3, -0.25) is 4.79 Å². The first-order chi connectivity index (χ1) is 5.70. The minimum absolute atomic E-state index is 0.228. The smallest absolute Gasteiger partial charge is 0.155 e. The van der Waals surface area contributed by atoms with Gasteiger partial charge in [-0.25, -0.2) is 0 Å². The molecule has 0 saturated heterocycles. The van der Waals surface area contributed by atoms with Gasteiger partial charge >= 0.3 is 0 Å². The first-order valence-corrected chi connectivity index (χ1v) is 3.93. The SMILES string of the molecule is COc1ccc(Cl)c(Cl)c1C=O. The molecule has 64 valence electrons. The molecule has 0 aliphatic carbocycles. The molecule has 12 heavy (non-hydrogen) atoms. The number of hydrogen-bond acceptors (Lipinski definition) is 2. The predicted molar refractivity (Wildman–Crippen MR) is 48.4 cm³/mol. The maximum Gasteiger partial charge on any atom is 0.155 e. The van der Waals surface area contributed by atoms with E-state index in [1.807, 2.05) is 0 Å². The fraction of sp³-hybridized carbons (Fsp3) is 0.125. The van der Waals surface area contributed by atoms with Crippen LogP contribution in [0.1, 0.15) is 10.4 Å². The molecule has 4 heteroatoms. The molecule has 0 N–H and O–H groups in total. The van der Waals surface area contributed by atoms with Crippen LogP contribution < -0.4 is 4.74 Å². The molecular weight excluding hydrogens is 199 g/mol. The van der Waals surface area contributed by atoms with Gasteiger partial charge in [-0.05, 0) is 12.1 Å². The maximum atomic E-state index is 10.5. The standard InChI is InChI=1S/C8H6Cl2O2/c1-12-7-3-2-6(9)8(10)5(7)4-11/h2-4H,1H3. The summed E-state index contributed by atoms with van der Waals surface area (Å²) in [6, 6.07) is 3.17. The van der Waals surface area contributed by atoms with Gasteiger partial charge in [-0.1, -0.05) is 23.2 Å². The average molecular weight is 205 g/mol. The molecule has 1 aromatic carbocycles. The molecule has 1 aromatic rings. The number of methoxy groups -OCH3 is 1. The van der Waals surface area contributed by atoms with Gasteiger partial charge in [0, 0.05) is 0 Å². The molecule has 0 fully saturated rings. The Bertz CT molecular complexity index is 310. The summed E-state index contributed by atoms with van der Waals surface area (Å²) in [5.41, 5.74) is 0.284. The molecule has 0 unspecified atom stereocenters. The molecule has 1 rings (SSSR count). The maximum absolute atomic E-state index is 10.5. The van der Waals surface area contributed by atoms with Crippen molar-refractivity contribution in [1.82, 2.24) is 0 Å². The molecule has 0 aliphatic heterocycles. The Hall–Kier alpha value is -0.730. The molecular formula is C8H6Cl2O2. The third-order valence-corrected chi connectivity index (χ3v) is 2.25. The van der Waals surface area contributed by atoms with Crippen molar-refractivity contribution in [3.63, 3.8) is 0 Å². The van der Waals surface area contributed by atoms with Crippen molar-refractivity contribution in [3.8, 4) is 5.75 Å². The van der Waals surface area contributed by atoms with E-state index in [1.54, 1.807) is 12.1 Å². The Balaban J connectivity index is 3.35. The first-order valence-electron chi connectivity index (χ1n) is 3.18. The normalized spacial score (nSPS) is 9.58. The van der Waals surface area contributed by atoms with Crippen LogP contribution in [0, 0.1) is 0 Å². The number of benzene rings is 1. The highest BCUT2D eigenvalue weighted by Crippen LogP contribution is 2.31. The highest BCUT2D eigenvalue weighted by molar-refractivity contribution is 6.43. The zero-order valence-corrected chi connectivity index (χ0v) is 7.82.